The van der Waals surface area contributed by atoms with Crippen molar-refractivity contribution in [3.05, 3.63) is 67.1 Å². The van der Waals surface area contributed by atoms with Gasteiger partial charge in [-0.2, -0.15) is 0 Å². The molecule has 2 aromatic carbocycles. The largest absolute Gasteiger partial charge is 0.0786 e. The molecule has 0 spiro atoms. The van der Waals surface area contributed by atoms with Crippen LogP contribution in [0.25, 0.3) is 0 Å². The van der Waals surface area contributed by atoms with E-state index < -0.39 is 0 Å². The summed E-state index contributed by atoms with van der Waals surface area (Å²) in [6.45, 7) is 6.39. The molecule has 0 bridgehead atoms. The van der Waals surface area contributed by atoms with Crippen LogP contribution in [0, 0.1) is 20.8 Å². The van der Waals surface area contributed by atoms with Crippen LogP contribution in [0.2, 0.25) is 0 Å². The van der Waals surface area contributed by atoms with Crippen molar-refractivity contribution >= 4 is 47.8 Å². The van der Waals surface area contributed by atoms with Gasteiger partial charge in [0.25, 0.3) is 0 Å². The fourth-order valence-corrected chi connectivity index (χ4v) is 3.56. The molecule has 1 unspecified atom stereocenters. The van der Waals surface area contributed by atoms with Crippen molar-refractivity contribution < 1.29 is 0 Å². The first-order valence-electron chi connectivity index (χ1n) is 6.07. The van der Waals surface area contributed by atoms with Gasteiger partial charge in [0.2, 0.25) is 0 Å². The third kappa shape index (κ3) is 3.32. The minimum atomic E-state index is 0.228. The van der Waals surface area contributed by atoms with Crippen LogP contribution in [0.4, 0.5) is 0 Å². The maximum Gasteiger partial charge on any atom is 0.0647 e. The topological polar surface area (TPSA) is 0 Å². The van der Waals surface area contributed by atoms with Crippen molar-refractivity contribution in [2.24, 2.45) is 0 Å². The van der Waals surface area contributed by atoms with Crippen molar-refractivity contribution in [3.63, 3.8) is 0 Å². The van der Waals surface area contributed by atoms with Gasteiger partial charge in [0.1, 0.15) is 0 Å². The van der Waals surface area contributed by atoms with Gasteiger partial charge in [-0.05, 0) is 60.7 Å². The van der Waals surface area contributed by atoms with Crippen LogP contribution >= 0.6 is 47.8 Å². The second-order valence-corrected chi connectivity index (χ2v) is 7.45. The van der Waals surface area contributed by atoms with Crippen LogP contribution in [0.3, 0.4) is 0 Å². The highest BCUT2D eigenvalue weighted by atomic mass is 79.9. The number of aryl methyl sites for hydroxylation is 3. The average Bonchev–Trinajstić information content (AvgIpc) is 2.36. The SMILES string of the molecule is Cc1cc(C(Br)c2cc(C)c(Br)cc2C)ccc1Br. The van der Waals surface area contributed by atoms with Gasteiger partial charge in [-0.15, -0.1) is 0 Å². The minimum Gasteiger partial charge on any atom is -0.0786 e. The van der Waals surface area contributed by atoms with Gasteiger partial charge in [0.05, 0.1) is 4.83 Å². The molecule has 0 N–H and O–H groups in total. The molecular weight excluding hydrogens is 432 g/mol. The lowest BCUT2D eigenvalue weighted by Gasteiger charge is -2.16. The summed E-state index contributed by atoms with van der Waals surface area (Å²) in [5, 5.41) is 0. The van der Waals surface area contributed by atoms with E-state index in [9.17, 15) is 0 Å². The summed E-state index contributed by atoms with van der Waals surface area (Å²) in [4.78, 5) is 0.228. The standard InChI is InChI=1S/C16H15Br3/c1-9-8-15(18)11(3)7-13(9)16(19)12-4-5-14(17)10(2)6-12/h4-8,16H,1-3H3. The lowest BCUT2D eigenvalue weighted by atomic mass is 9.97. The Bertz CT molecular complexity index is 618. The predicted molar refractivity (Wildman–Crippen MR) is 93.3 cm³/mol. The highest BCUT2D eigenvalue weighted by Crippen LogP contribution is 2.36. The first-order valence-corrected chi connectivity index (χ1v) is 8.57. The first-order chi connectivity index (χ1) is 8.90. The molecule has 1 atom stereocenters. The second-order valence-electron chi connectivity index (χ2n) is 4.83. The zero-order valence-electron chi connectivity index (χ0n) is 11.1. The van der Waals surface area contributed by atoms with Crippen LogP contribution in [0.15, 0.2) is 39.3 Å². The Morgan fingerprint density at radius 2 is 1.42 bits per heavy atom. The van der Waals surface area contributed by atoms with E-state index in [0.717, 1.165) is 4.47 Å². The van der Waals surface area contributed by atoms with E-state index in [1.807, 2.05) is 0 Å². The monoisotopic (exact) mass is 444 g/mol. The molecule has 2 rings (SSSR count). The van der Waals surface area contributed by atoms with E-state index >= 15 is 0 Å². The zero-order valence-corrected chi connectivity index (χ0v) is 15.9. The van der Waals surface area contributed by atoms with Gasteiger partial charge in [0.15, 0.2) is 0 Å². The molecule has 100 valence electrons. The molecule has 0 saturated carbocycles. The Morgan fingerprint density at radius 3 is 2.05 bits per heavy atom. The van der Waals surface area contributed by atoms with Crippen LogP contribution in [0.5, 0.6) is 0 Å². The summed E-state index contributed by atoms with van der Waals surface area (Å²) in [7, 11) is 0. The molecule has 0 heterocycles. The summed E-state index contributed by atoms with van der Waals surface area (Å²) in [6, 6.07) is 10.9. The van der Waals surface area contributed by atoms with Crippen LogP contribution in [-0.4, -0.2) is 0 Å². The van der Waals surface area contributed by atoms with Gasteiger partial charge < -0.3 is 0 Å². The summed E-state index contributed by atoms with van der Waals surface area (Å²) < 4.78 is 2.32. The van der Waals surface area contributed by atoms with Crippen molar-refractivity contribution in [2.45, 2.75) is 25.6 Å². The average molecular weight is 447 g/mol. The van der Waals surface area contributed by atoms with E-state index in [2.05, 4.69) is 98.9 Å². The van der Waals surface area contributed by atoms with E-state index in [4.69, 9.17) is 0 Å². The Kier molecular flexibility index (Phi) is 4.91. The Balaban J connectivity index is 2.46. The van der Waals surface area contributed by atoms with Gasteiger partial charge in [-0.25, -0.2) is 0 Å². The van der Waals surface area contributed by atoms with Gasteiger partial charge in [-0.1, -0.05) is 66.0 Å². The Morgan fingerprint density at radius 1 is 0.789 bits per heavy atom. The van der Waals surface area contributed by atoms with Crippen molar-refractivity contribution in [1.82, 2.24) is 0 Å². The van der Waals surface area contributed by atoms with Crippen LogP contribution < -0.4 is 0 Å². The third-order valence-corrected chi connectivity index (χ3v) is 6.06. The third-order valence-electron chi connectivity index (χ3n) is 3.30. The lowest BCUT2D eigenvalue weighted by Crippen LogP contribution is -1.98. The lowest BCUT2D eigenvalue weighted by molar-refractivity contribution is 1.12. The van der Waals surface area contributed by atoms with E-state index in [-0.39, 0.29) is 4.83 Å². The summed E-state index contributed by atoms with van der Waals surface area (Å²) in [6.07, 6.45) is 0. The molecule has 0 fully saturated rings. The molecule has 0 aliphatic carbocycles. The molecule has 0 aliphatic rings. The second kappa shape index (κ2) is 6.11. The highest BCUT2D eigenvalue weighted by molar-refractivity contribution is 9.11. The Hall–Kier alpha value is -0.120. The maximum atomic E-state index is 3.83. The first kappa shape index (κ1) is 15.3. The zero-order chi connectivity index (χ0) is 14.2. The molecule has 0 saturated heterocycles. The highest BCUT2D eigenvalue weighted by Gasteiger charge is 2.14. The van der Waals surface area contributed by atoms with Crippen LogP contribution in [-0.2, 0) is 0 Å². The summed E-state index contributed by atoms with van der Waals surface area (Å²) >= 11 is 11.0. The predicted octanol–water partition coefficient (Wildman–Crippen LogP) is 6.62. The number of benzene rings is 2. The van der Waals surface area contributed by atoms with Crippen molar-refractivity contribution in [1.29, 1.82) is 0 Å². The van der Waals surface area contributed by atoms with E-state index in [0.29, 0.717) is 0 Å². The number of hydrogen-bond acceptors (Lipinski definition) is 0. The molecule has 0 amide bonds. The molecule has 3 heteroatoms. The van der Waals surface area contributed by atoms with E-state index in [1.165, 1.54) is 32.3 Å². The molecular formula is C16H15Br3. The van der Waals surface area contributed by atoms with Gasteiger partial charge in [-0.3, -0.25) is 0 Å². The van der Waals surface area contributed by atoms with Crippen molar-refractivity contribution in [3.8, 4) is 0 Å². The molecule has 0 aliphatic heterocycles. The molecule has 2 aromatic rings. The van der Waals surface area contributed by atoms with E-state index in [1.54, 1.807) is 0 Å². The number of rotatable bonds is 2. The fraction of sp³-hybridized carbons (Fsp3) is 0.250. The maximum absolute atomic E-state index is 3.83. The quantitative estimate of drug-likeness (QED) is 0.454. The Labute approximate surface area is 140 Å². The summed E-state index contributed by atoms with van der Waals surface area (Å²) in [5.41, 5.74) is 6.42. The minimum absolute atomic E-state index is 0.228. The number of hydrogen-bond donors (Lipinski definition) is 0. The molecule has 0 radical (unpaired) electrons. The van der Waals surface area contributed by atoms with Gasteiger partial charge >= 0.3 is 0 Å². The number of alkyl halides is 1. The summed E-state index contributed by atoms with van der Waals surface area (Å²) in [5.74, 6) is 0. The normalized spacial score (nSPS) is 12.5. The smallest absolute Gasteiger partial charge is 0.0647 e. The molecule has 0 nitrogen and oxygen atoms in total. The molecule has 19 heavy (non-hydrogen) atoms. The fourth-order valence-electron chi connectivity index (χ4n) is 2.08. The van der Waals surface area contributed by atoms with Crippen molar-refractivity contribution in [2.75, 3.05) is 0 Å². The van der Waals surface area contributed by atoms with Gasteiger partial charge in [0, 0.05) is 8.95 Å². The van der Waals surface area contributed by atoms with Crippen LogP contribution in [0.1, 0.15) is 32.6 Å². The molecule has 0 aromatic heterocycles. The number of halogens is 3.